The van der Waals surface area contributed by atoms with Crippen LogP contribution in [-0.2, 0) is 15.8 Å². The molecule has 0 unspecified atom stereocenters. The van der Waals surface area contributed by atoms with Crippen LogP contribution >= 0.6 is 11.8 Å². The molecule has 0 bridgehead atoms. The van der Waals surface area contributed by atoms with Gasteiger partial charge in [-0.1, -0.05) is 12.1 Å². The number of carbonyl (C=O) groups is 3. The summed E-state index contributed by atoms with van der Waals surface area (Å²) >= 11 is 0.638. The Balaban J connectivity index is 1.51. The Morgan fingerprint density at radius 2 is 1.74 bits per heavy atom. The number of nitro benzene ring substituents is 1. The van der Waals surface area contributed by atoms with E-state index >= 15 is 0 Å². The summed E-state index contributed by atoms with van der Waals surface area (Å²) in [5.74, 6) is -1.68. The third-order valence-corrected chi connectivity index (χ3v) is 7.06. The number of thioether (sulfide) groups is 1. The van der Waals surface area contributed by atoms with Crippen molar-refractivity contribution in [3.05, 3.63) is 91.9 Å². The number of halogens is 3. The summed E-state index contributed by atoms with van der Waals surface area (Å²) < 4.78 is 49.8. The Hall–Kier alpha value is -4.85. The van der Waals surface area contributed by atoms with E-state index in [0.29, 0.717) is 35.1 Å². The van der Waals surface area contributed by atoms with E-state index in [2.05, 4.69) is 5.32 Å². The van der Waals surface area contributed by atoms with Gasteiger partial charge >= 0.3 is 11.9 Å². The van der Waals surface area contributed by atoms with Crippen LogP contribution in [-0.4, -0.2) is 40.5 Å². The molecule has 42 heavy (non-hydrogen) atoms. The number of hydrogen-bond donors (Lipinski definition) is 1. The van der Waals surface area contributed by atoms with Gasteiger partial charge in [-0.25, -0.2) is 0 Å². The van der Waals surface area contributed by atoms with Crippen molar-refractivity contribution in [2.24, 2.45) is 0 Å². The van der Waals surface area contributed by atoms with Crippen molar-refractivity contribution in [1.29, 1.82) is 0 Å². The second-order valence-electron chi connectivity index (χ2n) is 9.06. The summed E-state index contributed by atoms with van der Waals surface area (Å²) in [6.45, 7) is 3.32. The maximum absolute atomic E-state index is 13.0. The molecule has 4 rings (SSSR count). The first kappa shape index (κ1) is 30.1. The quantitative estimate of drug-likeness (QED) is 0.172. The molecule has 0 spiro atoms. The van der Waals surface area contributed by atoms with Crippen molar-refractivity contribution in [3.8, 4) is 17.2 Å². The summed E-state index contributed by atoms with van der Waals surface area (Å²) in [6, 6.07) is 11.4. The zero-order valence-corrected chi connectivity index (χ0v) is 23.1. The van der Waals surface area contributed by atoms with Gasteiger partial charge in [-0.2, -0.15) is 13.2 Å². The summed E-state index contributed by atoms with van der Waals surface area (Å²) in [5.41, 5.74) is 0.812. The minimum atomic E-state index is -4.78. The lowest BCUT2D eigenvalue weighted by atomic mass is 10.1. The van der Waals surface area contributed by atoms with E-state index in [1.165, 1.54) is 31.4 Å². The summed E-state index contributed by atoms with van der Waals surface area (Å²) in [4.78, 5) is 49.2. The number of anilines is 1. The number of nitrogens with zero attached hydrogens (tertiary/aromatic N) is 2. The van der Waals surface area contributed by atoms with Crippen LogP contribution in [0.4, 0.5) is 29.3 Å². The Morgan fingerprint density at radius 1 is 1.02 bits per heavy atom. The van der Waals surface area contributed by atoms with Gasteiger partial charge < -0.3 is 14.8 Å². The van der Waals surface area contributed by atoms with Crippen molar-refractivity contribution in [2.45, 2.75) is 20.0 Å². The molecule has 10 nitrogen and oxygen atoms in total. The van der Waals surface area contributed by atoms with E-state index < -0.39 is 51.7 Å². The molecule has 14 heteroatoms. The maximum atomic E-state index is 13.0. The first-order chi connectivity index (χ1) is 19.8. The standard InChI is InChI=1S/C28H22F3N3O7S/c1-15-4-7-19(10-16(15)2)32-25(35)14-33-26(36)24(42-27(33)37)12-17-5-8-22(23(11-17)40-3)41-21-9-6-18(28(29,30)31)13-20(21)34(38)39/h4-13H,14H2,1-3H3,(H,32,35)/b24-12+. The van der Waals surface area contributed by atoms with E-state index in [1.54, 1.807) is 12.1 Å². The van der Waals surface area contributed by atoms with Gasteiger partial charge in [0.25, 0.3) is 11.1 Å². The number of amides is 3. The number of imide groups is 1. The molecule has 1 fully saturated rings. The highest BCUT2D eigenvalue weighted by atomic mass is 32.2. The molecule has 0 radical (unpaired) electrons. The number of benzene rings is 3. The average molecular weight is 602 g/mol. The van der Waals surface area contributed by atoms with Crippen molar-refractivity contribution in [3.63, 3.8) is 0 Å². The lowest BCUT2D eigenvalue weighted by Gasteiger charge is -2.13. The number of aryl methyl sites for hydroxylation is 2. The third kappa shape index (κ3) is 6.71. The SMILES string of the molecule is COc1cc(/C=C2/SC(=O)N(CC(=O)Nc3ccc(C)c(C)c3)C2=O)ccc1Oc1ccc(C(F)(F)F)cc1[N+](=O)[O-]. The fraction of sp³-hybridized carbons (Fsp3) is 0.179. The first-order valence-electron chi connectivity index (χ1n) is 12.1. The minimum Gasteiger partial charge on any atom is -0.493 e. The highest BCUT2D eigenvalue weighted by molar-refractivity contribution is 8.18. The molecule has 3 aromatic carbocycles. The second kappa shape index (κ2) is 11.9. The molecule has 1 heterocycles. The largest absolute Gasteiger partial charge is 0.493 e. The van der Waals surface area contributed by atoms with Crippen LogP contribution in [0.3, 0.4) is 0 Å². The van der Waals surface area contributed by atoms with E-state index in [0.717, 1.165) is 22.1 Å². The zero-order chi connectivity index (χ0) is 30.8. The number of nitro groups is 1. The molecule has 0 aromatic heterocycles. The fourth-order valence-electron chi connectivity index (χ4n) is 3.85. The lowest BCUT2D eigenvalue weighted by Crippen LogP contribution is -2.36. The number of nitrogens with one attached hydrogen (secondary N) is 1. The topological polar surface area (TPSA) is 128 Å². The third-order valence-electron chi connectivity index (χ3n) is 6.15. The van der Waals surface area contributed by atoms with Crippen molar-refractivity contribution in [1.82, 2.24) is 4.90 Å². The molecule has 1 saturated heterocycles. The maximum Gasteiger partial charge on any atom is 0.416 e. The van der Waals surface area contributed by atoms with Crippen LogP contribution in [0.25, 0.3) is 6.08 Å². The fourth-order valence-corrected chi connectivity index (χ4v) is 4.69. The van der Waals surface area contributed by atoms with Crippen LogP contribution in [0.5, 0.6) is 17.2 Å². The van der Waals surface area contributed by atoms with Gasteiger partial charge in [0.2, 0.25) is 11.7 Å². The van der Waals surface area contributed by atoms with E-state index in [9.17, 15) is 37.7 Å². The van der Waals surface area contributed by atoms with Gasteiger partial charge in [-0.15, -0.1) is 0 Å². The smallest absolute Gasteiger partial charge is 0.416 e. The Morgan fingerprint density at radius 3 is 2.38 bits per heavy atom. The molecule has 3 amide bonds. The predicted molar refractivity (Wildman–Crippen MR) is 148 cm³/mol. The van der Waals surface area contributed by atoms with Crippen molar-refractivity contribution >= 4 is 46.3 Å². The molecule has 3 aromatic rings. The predicted octanol–water partition coefficient (Wildman–Crippen LogP) is 6.71. The van der Waals surface area contributed by atoms with Crippen LogP contribution in [0.15, 0.2) is 59.5 Å². The zero-order valence-electron chi connectivity index (χ0n) is 22.3. The van der Waals surface area contributed by atoms with Crippen molar-refractivity contribution in [2.75, 3.05) is 19.0 Å². The molecular formula is C28H22F3N3O7S. The van der Waals surface area contributed by atoms with E-state index in [-0.39, 0.29) is 16.4 Å². The van der Waals surface area contributed by atoms with Gasteiger partial charge in [0.05, 0.1) is 22.5 Å². The van der Waals surface area contributed by atoms with Gasteiger partial charge in [0.15, 0.2) is 11.5 Å². The summed E-state index contributed by atoms with van der Waals surface area (Å²) in [5, 5.41) is 13.4. The normalized spacial score (nSPS) is 14.3. The number of hydrogen-bond acceptors (Lipinski definition) is 8. The molecule has 218 valence electrons. The molecule has 0 atom stereocenters. The summed E-state index contributed by atoms with van der Waals surface area (Å²) in [7, 11) is 1.27. The first-order valence-corrected chi connectivity index (χ1v) is 12.9. The summed E-state index contributed by atoms with van der Waals surface area (Å²) in [6.07, 6.45) is -3.40. The Labute approximate surface area is 241 Å². The lowest BCUT2D eigenvalue weighted by molar-refractivity contribution is -0.385. The number of rotatable bonds is 8. The van der Waals surface area contributed by atoms with Crippen LogP contribution < -0.4 is 14.8 Å². The Kier molecular flexibility index (Phi) is 8.56. The second-order valence-corrected chi connectivity index (χ2v) is 10.1. The highest BCUT2D eigenvalue weighted by Crippen LogP contribution is 2.41. The average Bonchev–Trinajstić information content (AvgIpc) is 3.18. The van der Waals surface area contributed by atoms with E-state index in [1.807, 2.05) is 19.9 Å². The Bertz CT molecular complexity index is 1640. The van der Waals surface area contributed by atoms with Crippen LogP contribution in [0, 0.1) is 24.0 Å². The van der Waals surface area contributed by atoms with Crippen LogP contribution in [0.1, 0.15) is 22.3 Å². The molecule has 1 N–H and O–H groups in total. The van der Waals surface area contributed by atoms with Crippen LogP contribution in [0.2, 0.25) is 0 Å². The molecule has 0 aliphatic carbocycles. The van der Waals surface area contributed by atoms with Gasteiger partial charge in [0.1, 0.15) is 6.54 Å². The number of ether oxygens (including phenoxy) is 2. The van der Waals surface area contributed by atoms with Gasteiger partial charge in [-0.05, 0) is 84.8 Å². The number of alkyl halides is 3. The van der Waals surface area contributed by atoms with E-state index in [4.69, 9.17) is 9.47 Å². The molecular weight excluding hydrogens is 579 g/mol. The van der Waals surface area contributed by atoms with Crippen molar-refractivity contribution < 1.29 is 42.0 Å². The van der Waals surface area contributed by atoms with Gasteiger partial charge in [-0.3, -0.25) is 29.4 Å². The number of carbonyl (C=O) groups excluding carboxylic acids is 3. The minimum absolute atomic E-state index is 0.0353. The monoisotopic (exact) mass is 601 g/mol. The molecule has 1 aliphatic rings. The molecule has 0 saturated carbocycles. The van der Waals surface area contributed by atoms with Gasteiger partial charge in [0, 0.05) is 11.8 Å². The number of methoxy groups -OCH3 is 1. The molecule has 1 aliphatic heterocycles. The highest BCUT2D eigenvalue weighted by Gasteiger charge is 2.36.